The lowest BCUT2D eigenvalue weighted by Crippen LogP contribution is -2.45. The van der Waals surface area contributed by atoms with E-state index in [4.69, 9.17) is 26.1 Å². The van der Waals surface area contributed by atoms with E-state index in [0.717, 1.165) is 0 Å². The summed E-state index contributed by atoms with van der Waals surface area (Å²) in [6.45, 7) is 3.45. The minimum Gasteiger partial charge on any atom is -0.483 e. The van der Waals surface area contributed by atoms with Crippen molar-refractivity contribution >= 4 is 35.4 Å². The number of benzene rings is 1. The molecular formula is C21H22N4O5S. The SMILES string of the molecule is CCOC(=O)C1=C(C)NC(=S)N[C@@H]1c1ccccc1OCC(=O)NN=Cc1ccco1. The zero-order valence-electron chi connectivity index (χ0n) is 17.0. The average Bonchev–Trinajstić information content (AvgIpc) is 3.25. The lowest BCUT2D eigenvalue weighted by Gasteiger charge is -2.30. The molecule has 9 nitrogen and oxygen atoms in total. The van der Waals surface area contributed by atoms with E-state index >= 15 is 0 Å². The summed E-state index contributed by atoms with van der Waals surface area (Å²) in [6.07, 6.45) is 2.88. The van der Waals surface area contributed by atoms with Crippen LogP contribution in [0.5, 0.6) is 5.75 Å². The van der Waals surface area contributed by atoms with Gasteiger partial charge in [0.15, 0.2) is 11.7 Å². The van der Waals surface area contributed by atoms with E-state index in [2.05, 4.69) is 21.2 Å². The Morgan fingerprint density at radius 2 is 2.10 bits per heavy atom. The Hall–Kier alpha value is -3.66. The van der Waals surface area contributed by atoms with Crippen LogP contribution >= 0.6 is 12.2 Å². The van der Waals surface area contributed by atoms with Crippen molar-refractivity contribution in [3.8, 4) is 5.75 Å². The van der Waals surface area contributed by atoms with Crippen molar-refractivity contribution in [3.05, 3.63) is 65.3 Å². The third kappa shape index (κ3) is 5.70. The van der Waals surface area contributed by atoms with Gasteiger partial charge in [0.2, 0.25) is 0 Å². The third-order valence-corrected chi connectivity index (χ3v) is 4.50. The van der Waals surface area contributed by atoms with Gasteiger partial charge in [-0.15, -0.1) is 0 Å². The van der Waals surface area contributed by atoms with Crippen LogP contribution in [0.3, 0.4) is 0 Å². The molecule has 1 aliphatic heterocycles. The number of ether oxygens (including phenoxy) is 2. The van der Waals surface area contributed by atoms with Gasteiger partial charge < -0.3 is 24.5 Å². The summed E-state index contributed by atoms with van der Waals surface area (Å²) in [7, 11) is 0. The van der Waals surface area contributed by atoms with Gasteiger partial charge in [0.05, 0.1) is 30.7 Å². The first-order valence-electron chi connectivity index (χ1n) is 9.52. The number of para-hydroxylation sites is 1. The molecule has 3 rings (SSSR count). The molecule has 2 heterocycles. The predicted octanol–water partition coefficient (Wildman–Crippen LogP) is 2.16. The van der Waals surface area contributed by atoms with Crippen LogP contribution in [-0.4, -0.2) is 36.4 Å². The van der Waals surface area contributed by atoms with Crippen LogP contribution in [0, 0.1) is 0 Å². The maximum absolute atomic E-state index is 12.6. The topological polar surface area (TPSA) is 114 Å². The quantitative estimate of drug-likeness (QED) is 0.247. The molecule has 0 saturated heterocycles. The number of furan rings is 1. The zero-order chi connectivity index (χ0) is 22.2. The van der Waals surface area contributed by atoms with Crippen molar-refractivity contribution in [2.45, 2.75) is 19.9 Å². The Morgan fingerprint density at radius 1 is 1.29 bits per heavy atom. The standard InChI is InChI=1S/C21H22N4O5S/c1-3-28-20(27)18-13(2)23-21(31)24-19(18)15-8-4-5-9-16(15)30-12-17(26)25-22-11-14-7-6-10-29-14/h4-11,19H,3,12H2,1-2H3,(H,25,26)(H2,23,24,31)/t19-/m1/s1. The first-order valence-corrected chi connectivity index (χ1v) is 9.93. The van der Waals surface area contributed by atoms with Gasteiger partial charge >= 0.3 is 5.97 Å². The van der Waals surface area contributed by atoms with E-state index in [1.165, 1.54) is 12.5 Å². The molecule has 0 spiro atoms. The summed E-state index contributed by atoms with van der Waals surface area (Å²) < 4.78 is 16.0. The number of rotatable bonds is 8. The minimum atomic E-state index is -0.593. The van der Waals surface area contributed by atoms with E-state index < -0.39 is 17.9 Å². The summed E-state index contributed by atoms with van der Waals surface area (Å²) in [5.74, 6) is 0.00804. The predicted molar refractivity (Wildman–Crippen MR) is 117 cm³/mol. The lowest BCUT2D eigenvalue weighted by molar-refractivity contribution is -0.139. The minimum absolute atomic E-state index is 0.240. The number of amides is 1. The number of allylic oxidation sites excluding steroid dienone is 1. The number of nitrogens with zero attached hydrogens (tertiary/aromatic N) is 1. The fourth-order valence-corrected chi connectivity index (χ4v) is 3.24. The molecule has 162 valence electrons. The smallest absolute Gasteiger partial charge is 0.338 e. The van der Waals surface area contributed by atoms with Gasteiger partial charge in [-0.3, -0.25) is 4.79 Å². The number of carbonyl (C=O) groups excluding carboxylic acids is 2. The van der Waals surface area contributed by atoms with Crippen molar-refractivity contribution in [2.75, 3.05) is 13.2 Å². The van der Waals surface area contributed by atoms with E-state index in [0.29, 0.717) is 33.5 Å². The number of carbonyl (C=O) groups is 2. The Kier molecular flexibility index (Phi) is 7.39. The second-order valence-corrected chi connectivity index (χ2v) is 6.83. The van der Waals surface area contributed by atoms with Gasteiger partial charge in [-0.25, -0.2) is 10.2 Å². The Labute approximate surface area is 184 Å². The molecule has 1 amide bonds. The van der Waals surface area contributed by atoms with Gasteiger partial charge in [-0.1, -0.05) is 18.2 Å². The second kappa shape index (κ2) is 10.4. The van der Waals surface area contributed by atoms with Crippen LogP contribution in [-0.2, 0) is 14.3 Å². The fraction of sp³-hybridized carbons (Fsp3) is 0.238. The fourth-order valence-electron chi connectivity index (χ4n) is 2.97. The summed E-state index contributed by atoms with van der Waals surface area (Å²) in [4.78, 5) is 24.6. The highest BCUT2D eigenvalue weighted by Crippen LogP contribution is 2.33. The Bertz CT molecular complexity index is 1020. The second-order valence-electron chi connectivity index (χ2n) is 6.43. The van der Waals surface area contributed by atoms with Gasteiger partial charge in [0.1, 0.15) is 11.5 Å². The van der Waals surface area contributed by atoms with Crippen LogP contribution in [0.2, 0.25) is 0 Å². The van der Waals surface area contributed by atoms with Crippen molar-refractivity contribution in [2.24, 2.45) is 5.10 Å². The molecule has 0 radical (unpaired) electrons. The van der Waals surface area contributed by atoms with Gasteiger partial charge in [0, 0.05) is 11.3 Å². The highest BCUT2D eigenvalue weighted by atomic mass is 32.1. The molecule has 1 atom stereocenters. The molecule has 0 fully saturated rings. The van der Waals surface area contributed by atoms with Gasteiger partial charge in [-0.05, 0) is 44.3 Å². The van der Waals surface area contributed by atoms with Crippen molar-refractivity contribution in [1.29, 1.82) is 0 Å². The van der Waals surface area contributed by atoms with Crippen molar-refractivity contribution in [1.82, 2.24) is 16.1 Å². The van der Waals surface area contributed by atoms with Crippen LogP contribution in [0.1, 0.15) is 31.2 Å². The number of nitrogens with one attached hydrogen (secondary N) is 3. The summed E-state index contributed by atoms with van der Waals surface area (Å²) in [6, 6.07) is 9.90. The molecule has 10 heteroatoms. The Morgan fingerprint density at radius 3 is 2.84 bits per heavy atom. The van der Waals surface area contributed by atoms with Crippen LogP contribution in [0.4, 0.5) is 0 Å². The molecule has 31 heavy (non-hydrogen) atoms. The number of hydrogen-bond acceptors (Lipinski definition) is 7. The zero-order valence-corrected chi connectivity index (χ0v) is 17.8. The maximum Gasteiger partial charge on any atom is 0.338 e. The number of esters is 1. The number of hydrogen-bond donors (Lipinski definition) is 3. The first-order chi connectivity index (χ1) is 15.0. The van der Waals surface area contributed by atoms with Crippen molar-refractivity contribution < 1.29 is 23.5 Å². The monoisotopic (exact) mass is 442 g/mol. The van der Waals surface area contributed by atoms with Crippen LogP contribution < -0.4 is 20.8 Å². The average molecular weight is 442 g/mol. The highest BCUT2D eigenvalue weighted by molar-refractivity contribution is 7.80. The van der Waals surface area contributed by atoms with Crippen LogP contribution in [0.15, 0.2) is 63.5 Å². The molecule has 3 N–H and O–H groups in total. The molecular weight excluding hydrogens is 420 g/mol. The molecule has 1 aromatic carbocycles. The molecule has 1 aliphatic rings. The summed E-state index contributed by atoms with van der Waals surface area (Å²) in [5.41, 5.74) is 3.98. The molecule has 0 bridgehead atoms. The maximum atomic E-state index is 12.6. The number of thiocarbonyl (C=S) groups is 1. The highest BCUT2D eigenvalue weighted by Gasteiger charge is 2.32. The van der Waals surface area contributed by atoms with E-state index in [1.54, 1.807) is 50.2 Å². The van der Waals surface area contributed by atoms with Crippen LogP contribution in [0.25, 0.3) is 0 Å². The molecule has 2 aromatic rings. The molecule has 0 unspecified atom stereocenters. The van der Waals surface area contributed by atoms with E-state index in [9.17, 15) is 9.59 Å². The largest absolute Gasteiger partial charge is 0.483 e. The first kappa shape index (κ1) is 22.0. The number of hydrazone groups is 1. The van der Waals surface area contributed by atoms with E-state index in [1.807, 2.05) is 0 Å². The molecule has 0 aliphatic carbocycles. The van der Waals surface area contributed by atoms with Gasteiger partial charge in [-0.2, -0.15) is 5.10 Å². The lowest BCUT2D eigenvalue weighted by atomic mass is 9.95. The molecule has 1 aromatic heterocycles. The molecule has 0 saturated carbocycles. The summed E-state index contributed by atoms with van der Waals surface area (Å²) in [5, 5.41) is 10.2. The third-order valence-electron chi connectivity index (χ3n) is 4.28. The summed E-state index contributed by atoms with van der Waals surface area (Å²) >= 11 is 5.26. The normalized spacial score (nSPS) is 15.9. The van der Waals surface area contributed by atoms with E-state index in [-0.39, 0.29) is 13.2 Å². The van der Waals surface area contributed by atoms with Crippen molar-refractivity contribution in [3.63, 3.8) is 0 Å². The van der Waals surface area contributed by atoms with Gasteiger partial charge in [0.25, 0.3) is 5.91 Å². The Balaban J connectivity index is 1.74.